The second kappa shape index (κ2) is 6.92. The molecular formula is C18H21F2NO4. The lowest BCUT2D eigenvalue weighted by Gasteiger charge is -2.33. The van der Waals surface area contributed by atoms with E-state index in [0.29, 0.717) is 25.5 Å². The highest BCUT2D eigenvalue weighted by molar-refractivity contribution is 5.96. The van der Waals surface area contributed by atoms with Gasteiger partial charge in [-0.3, -0.25) is 4.79 Å². The maximum atomic E-state index is 13.8. The number of amides is 1. The molecule has 1 heterocycles. The van der Waals surface area contributed by atoms with Gasteiger partial charge in [0.1, 0.15) is 6.04 Å². The van der Waals surface area contributed by atoms with Gasteiger partial charge >= 0.3 is 5.97 Å². The predicted molar refractivity (Wildman–Crippen MR) is 87.5 cm³/mol. The zero-order valence-corrected chi connectivity index (χ0v) is 13.9. The lowest BCUT2D eigenvalue weighted by Crippen LogP contribution is -2.48. The molecule has 2 rings (SSSR count). The predicted octanol–water partition coefficient (Wildman–Crippen LogP) is 2.79. The van der Waals surface area contributed by atoms with Crippen LogP contribution < -0.4 is 0 Å². The normalized spacial score (nSPS) is 20.6. The van der Waals surface area contributed by atoms with Crippen LogP contribution >= 0.6 is 0 Å². The molecule has 1 fully saturated rings. The summed E-state index contributed by atoms with van der Waals surface area (Å²) in [6.45, 7) is 4.34. The van der Waals surface area contributed by atoms with E-state index in [4.69, 9.17) is 0 Å². The standard InChI is InChI=1S/C18H21F2NO4/c1-3-18(19,20)17(2,25)13-9-7-12(8-10-13)15(22)21-11-5-4-6-14(21)16(23)24/h3,7-10,14,25H,1,4-6,11H2,2H3,(H,23,24). The summed E-state index contributed by atoms with van der Waals surface area (Å²) in [5.74, 6) is -5.06. The van der Waals surface area contributed by atoms with Crippen LogP contribution in [0.15, 0.2) is 36.9 Å². The Morgan fingerprint density at radius 3 is 2.40 bits per heavy atom. The summed E-state index contributed by atoms with van der Waals surface area (Å²) in [6, 6.07) is 4.24. The highest BCUT2D eigenvalue weighted by Gasteiger charge is 2.47. The van der Waals surface area contributed by atoms with Crippen LogP contribution in [-0.2, 0) is 10.4 Å². The molecule has 0 spiro atoms. The first-order valence-corrected chi connectivity index (χ1v) is 8.00. The van der Waals surface area contributed by atoms with Crippen LogP contribution in [0.3, 0.4) is 0 Å². The maximum absolute atomic E-state index is 13.8. The van der Waals surface area contributed by atoms with Gasteiger partial charge in [0.05, 0.1) is 0 Å². The maximum Gasteiger partial charge on any atom is 0.326 e. The zero-order valence-electron chi connectivity index (χ0n) is 13.9. The molecule has 0 saturated carbocycles. The number of likely N-dealkylation sites (tertiary alicyclic amines) is 1. The van der Waals surface area contributed by atoms with Crippen LogP contribution in [0, 0.1) is 0 Å². The molecule has 0 radical (unpaired) electrons. The third-order valence-corrected chi connectivity index (χ3v) is 4.65. The SMILES string of the molecule is C=CC(F)(F)C(C)(O)c1ccc(C(=O)N2CCCCC2C(=O)O)cc1. The van der Waals surface area contributed by atoms with Crippen molar-refractivity contribution in [3.05, 3.63) is 48.0 Å². The second-order valence-electron chi connectivity index (χ2n) is 6.33. The van der Waals surface area contributed by atoms with Gasteiger partial charge in [0.15, 0.2) is 5.60 Å². The molecular weight excluding hydrogens is 332 g/mol. The molecule has 0 bridgehead atoms. The Bertz CT molecular complexity index is 670. The van der Waals surface area contributed by atoms with Crippen molar-refractivity contribution in [2.45, 2.75) is 43.8 Å². The summed E-state index contributed by atoms with van der Waals surface area (Å²) < 4.78 is 27.6. The van der Waals surface area contributed by atoms with E-state index < -0.39 is 29.4 Å². The number of hydrogen-bond acceptors (Lipinski definition) is 3. The zero-order chi connectivity index (χ0) is 18.8. The minimum absolute atomic E-state index is 0.0672. The lowest BCUT2D eigenvalue weighted by molar-refractivity contribution is -0.144. The van der Waals surface area contributed by atoms with Crippen LogP contribution in [0.2, 0.25) is 0 Å². The molecule has 136 valence electrons. The number of alkyl halides is 2. The minimum Gasteiger partial charge on any atom is -0.480 e. The number of piperidine rings is 1. The largest absolute Gasteiger partial charge is 0.480 e. The molecule has 1 aliphatic rings. The monoisotopic (exact) mass is 353 g/mol. The first-order valence-electron chi connectivity index (χ1n) is 8.00. The minimum atomic E-state index is -3.54. The van der Waals surface area contributed by atoms with Crippen molar-refractivity contribution < 1.29 is 28.6 Å². The number of nitrogens with zero attached hydrogens (tertiary/aromatic N) is 1. The number of carbonyl (C=O) groups excluding carboxylic acids is 1. The van der Waals surface area contributed by atoms with Crippen molar-refractivity contribution >= 4 is 11.9 Å². The molecule has 2 N–H and O–H groups in total. The van der Waals surface area contributed by atoms with Crippen molar-refractivity contribution in [1.29, 1.82) is 0 Å². The Labute approximate surface area is 144 Å². The van der Waals surface area contributed by atoms with E-state index in [1.165, 1.54) is 29.2 Å². The molecule has 1 aromatic rings. The fraction of sp³-hybridized carbons (Fsp3) is 0.444. The smallest absolute Gasteiger partial charge is 0.326 e. The van der Waals surface area contributed by atoms with E-state index in [-0.39, 0.29) is 11.1 Å². The molecule has 0 aromatic heterocycles. The van der Waals surface area contributed by atoms with E-state index in [9.17, 15) is 28.6 Å². The Hall–Kier alpha value is -2.28. The quantitative estimate of drug-likeness (QED) is 0.798. The number of carboxylic acids is 1. The van der Waals surface area contributed by atoms with Gasteiger partial charge in [0.25, 0.3) is 11.8 Å². The Kier molecular flexibility index (Phi) is 5.27. The second-order valence-corrected chi connectivity index (χ2v) is 6.33. The first-order chi connectivity index (χ1) is 11.6. The molecule has 1 amide bonds. The van der Waals surface area contributed by atoms with E-state index >= 15 is 0 Å². The van der Waals surface area contributed by atoms with E-state index in [0.717, 1.165) is 13.3 Å². The summed E-state index contributed by atoms with van der Waals surface area (Å²) in [5, 5.41) is 19.4. The number of rotatable bonds is 5. The number of hydrogen-bond donors (Lipinski definition) is 2. The van der Waals surface area contributed by atoms with Crippen LogP contribution in [0.25, 0.3) is 0 Å². The van der Waals surface area contributed by atoms with Crippen molar-refractivity contribution in [1.82, 2.24) is 4.90 Å². The third kappa shape index (κ3) is 3.56. The van der Waals surface area contributed by atoms with Gasteiger partial charge in [0.2, 0.25) is 0 Å². The number of carbonyl (C=O) groups is 2. The highest BCUT2D eigenvalue weighted by Crippen LogP contribution is 2.38. The van der Waals surface area contributed by atoms with E-state index in [1.54, 1.807) is 0 Å². The van der Waals surface area contributed by atoms with Gasteiger partial charge in [-0.1, -0.05) is 18.7 Å². The lowest BCUT2D eigenvalue weighted by atomic mass is 9.88. The molecule has 5 nitrogen and oxygen atoms in total. The van der Waals surface area contributed by atoms with Gasteiger partial charge in [0, 0.05) is 12.1 Å². The van der Waals surface area contributed by atoms with Crippen LogP contribution in [0.1, 0.15) is 42.1 Å². The molecule has 1 aliphatic heterocycles. The van der Waals surface area contributed by atoms with Crippen molar-refractivity contribution in [3.63, 3.8) is 0 Å². The highest BCUT2D eigenvalue weighted by atomic mass is 19.3. The average Bonchev–Trinajstić information content (AvgIpc) is 2.61. The fourth-order valence-electron chi connectivity index (χ4n) is 2.93. The topological polar surface area (TPSA) is 77.8 Å². The van der Waals surface area contributed by atoms with Gasteiger partial charge in [-0.15, -0.1) is 0 Å². The molecule has 2 unspecified atom stereocenters. The fourth-order valence-corrected chi connectivity index (χ4v) is 2.93. The molecule has 2 atom stereocenters. The summed E-state index contributed by atoms with van der Waals surface area (Å²) in [4.78, 5) is 25.2. The van der Waals surface area contributed by atoms with Crippen molar-refractivity contribution in [2.75, 3.05) is 6.54 Å². The summed E-state index contributed by atoms with van der Waals surface area (Å²) in [7, 11) is 0. The summed E-state index contributed by atoms with van der Waals surface area (Å²) in [6.07, 6.45) is 2.21. The molecule has 1 aromatic carbocycles. The number of aliphatic carboxylic acids is 1. The van der Waals surface area contributed by atoms with Crippen LogP contribution in [-0.4, -0.2) is 45.5 Å². The first kappa shape index (κ1) is 19.1. The summed E-state index contributed by atoms with van der Waals surface area (Å²) in [5.41, 5.74) is -2.34. The molecule has 1 saturated heterocycles. The van der Waals surface area contributed by atoms with Crippen molar-refractivity contribution in [3.8, 4) is 0 Å². The molecule has 0 aliphatic carbocycles. The van der Waals surface area contributed by atoms with Crippen molar-refractivity contribution in [2.24, 2.45) is 0 Å². The van der Waals surface area contributed by atoms with E-state index in [2.05, 4.69) is 6.58 Å². The third-order valence-electron chi connectivity index (χ3n) is 4.65. The van der Waals surface area contributed by atoms with Gasteiger partial charge in [-0.25, -0.2) is 4.79 Å². The van der Waals surface area contributed by atoms with Gasteiger partial charge in [-0.05, 0) is 50.0 Å². The number of halogens is 2. The number of aliphatic hydroxyl groups is 1. The Morgan fingerprint density at radius 1 is 1.28 bits per heavy atom. The van der Waals surface area contributed by atoms with Gasteiger partial charge < -0.3 is 15.1 Å². The van der Waals surface area contributed by atoms with E-state index in [1.807, 2.05) is 0 Å². The van der Waals surface area contributed by atoms with Gasteiger partial charge in [-0.2, -0.15) is 8.78 Å². The Balaban J connectivity index is 2.26. The molecule has 7 heteroatoms. The Morgan fingerprint density at radius 2 is 1.88 bits per heavy atom. The summed E-state index contributed by atoms with van der Waals surface area (Å²) >= 11 is 0. The number of carboxylic acid groups (broad SMARTS) is 1. The number of benzene rings is 1. The average molecular weight is 353 g/mol. The van der Waals surface area contributed by atoms with Crippen LogP contribution in [0.4, 0.5) is 8.78 Å². The molecule has 25 heavy (non-hydrogen) atoms. The van der Waals surface area contributed by atoms with Crippen LogP contribution in [0.5, 0.6) is 0 Å².